The van der Waals surface area contributed by atoms with E-state index >= 15 is 0 Å². The number of hydrogen-bond donors (Lipinski definition) is 1. The van der Waals surface area contributed by atoms with Gasteiger partial charge in [0.15, 0.2) is 12.8 Å². The van der Waals surface area contributed by atoms with E-state index in [-0.39, 0.29) is 11.5 Å². The van der Waals surface area contributed by atoms with Gasteiger partial charge in [-0.1, -0.05) is 38.0 Å². The second kappa shape index (κ2) is 9.61. The van der Waals surface area contributed by atoms with Crippen LogP contribution in [0.1, 0.15) is 32.6 Å². The Labute approximate surface area is 206 Å². The molecule has 36 heavy (non-hydrogen) atoms. The summed E-state index contributed by atoms with van der Waals surface area (Å²) in [4.78, 5) is 47.9. The largest absolute Gasteiger partial charge is 0.325 e. The predicted molar refractivity (Wildman–Crippen MR) is 139 cm³/mol. The summed E-state index contributed by atoms with van der Waals surface area (Å²) in [5.41, 5.74) is 3.13. The molecule has 0 saturated heterocycles. The summed E-state index contributed by atoms with van der Waals surface area (Å²) in [5.74, 6) is -0.0500. The monoisotopic (exact) mass is 484 g/mol. The maximum atomic E-state index is 13.7. The third-order valence-corrected chi connectivity index (χ3v) is 6.20. The van der Waals surface area contributed by atoms with Gasteiger partial charge in [-0.2, -0.15) is 0 Å². The molecule has 0 aliphatic carbocycles. The van der Waals surface area contributed by atoms with E-state index in [2.05, 4.69) is 12.2 Å². The molecule has 0 fully saturated rings. The Morgan fingerprint density at radius 1 is 1.03 bits per heavy atom. The van der Waals surface area contributed by atoms with Gasteiger partial charge in [-0.25, -0.2) is 9.82 Å². The van der Waals surface area contributed by atoms with Gasteiger partial charge in [0.05, 0.1) is 16.3 Å². The zero-order valence-corrected chi connectivity index (χ0v) is 20.1. The highest BCUT2D eigenvalue weighted by atomic mass is 16.8. The minimum atomic E-state index is -0.215. The number of nitrogens with zero attached hydrogens (tertiary/aromatic N) is 4. The van der Waals surface area contributed by atoms with Gasteiger partial charge in [0.2, 0.25) is 5.91 Å². The molecule has 0 radical (unpaired) electrons. The highest BCUT2D eigenvalue weighted by Gasteiger charge is 2.20. The molecule has 1 amide bonds. The summed E-state index contributed by atoms with van der Waals surface area (Å²) in [6.45, 7) is 2.10. The van der Waals surface area contributed by atoms with Gasteiger partial charge in [-0.3, -0.25) is 18.6 Å². The molecule has 0 atom stereocenters. The fourth-order valence-electron chi connectivity index (χ4n) is 4.42. The number of pyridine rings is 2. The van der Waals surface area contributed by atoms with Crippen LogP contribution in [0.25, 0.3) is 33.3 Å². The molecule has 0 bridgehead atoms. The lowest BCUT2D eigenvalue weighted by atomic mass is 10.1. The van der Waals surface area contributed by atoms with E-state index in [1.54, 1.807) is 41.1 Å². The van der Waals surface area contributed by atoms with Crippen LogP contribution in [0, 0.1) is 4.91 Å². The van der Waals surface area contributed by atoms with E-state index in [1.807, 2.05) is 34.7 Å². The third-order valence-electron chi connectivity index (χ3n) is 6.20. The second-order valence-corrected chi connectivity index (χ2v) is 8.58. The Bertz CT molecular complexity index is 1670. The van der Waals surface area contributed by atoms with Gasteiger partial charge in [-0.15, -0.1) is 0 Å². The summed E-state index contributed by atoms with van der Waals surface area (Å²) in [5, 5.41) is 4.23. The molecule has 5 rings (SSSR count). The molecular weight excluding hydrogens is 458 g/mol. The predicted octanol–water partition coefficient (Wildman–Crippen LogP) is 5.28. The zero-order valence-electron chi connectivity index (χ0n) is 20.1. The molecule has 0 spiro atoms. The molecule has 9 heteroatoms. The fraction of sp³-hybridized carbons (Fsp3) is 0.222. The Hall–Kier alpha value is -4.53. The molecule has 3 aromatic heterocycles. The molecule has 182 valence electrons. The van der Waals surface area contributed by atoms with Crippen molar-refractivity contribution in [1.82, 2.24) is 14.0 Å². The quantitative estimate of drug-likeness (QED) is 0.239. The van der Waals surface area contributed by atoms with E-state index < -0.39 is 0 Å². The first-order valence-corrected chi connectivity index (χ1v) is 11.9. The van der Waals surface area contributed by atoms with E-state index in [0.29, 0.717) is 50.6 Å². The number of benzene rings is 2. The zero-order chi connectivity index (χ0) is 25.2. The number of rotatable bonds is 8. The number of aromatic nitrogens is 3. The smallest absolute Gasteiger partial charge is 0.316 e. The topological polar surface area (TPSA) is 97.7 Å². The molecular formula is C27H26N5O4+. The molecule has 0 aliphatic rings. The van der Waals surface area contributed by atoms with Crippen molar-refractivity contribution in [3.05, 3.63) is 82.1 Å². The summed E-state index contributed by atoms with van der Waals surface area (Å²) in [6.07, 6.45) is 5.13. The van der Waals surface area contributed by atoms with Gasteiger partial charge in [0.1, 0.15) is 11.2 Å². The van der Waals surface area contributed by atoms with Gasteiger partial charge in [0, 0.05) is 35.5 Å². The van der Waals surface area contributed by atoms with Crippen molar-refractivity contribution in [3.8, 4) is 5.69 Å². The highest BCUT2D eigenvalue weighted by molar-refractivity contribution is 6.04. The summed E-state index contributed by atoms with van der Waals surface area (Å²) < 4.78 is 3.39. The molecule has 0 aliphatic heterocycles. The van der Waals surface area contributed by atoms with E-state index in [1.165, 1.54) is 7.11 Å². The Morgan fingerprint density at radius 3 is 2.50 bits per heavy atom. The van der Waals surface area contributed by atoms with Crippen LogP contribution in [0.5, 0.6) is 0 Å². The lowest BCUT2D eigenvalue weighted by Gasteiger charge is -2.11. The summed E-state index contributed by atoms with van der Waals surface area (Å²) in [7, 11) is 1.29. The van der Waals surface area contributed by atoms with Crippen molar-refractivity contribution in [3.63, 3.8) is 0 Å². The Balaban J connectivity index is 1.71. The number of carbonyl (C=O) groups excluding carboxylic acids is 1. The van der Waals surface area contributed by atoms with Crippen molar-refractivity contribution in [1.29, 1.82) is 0 Å². The van der Waals surface area contributed by atoms with Crippen LogP contribution in [-0.2, 0) is 9.63 Å². The average molecular weight is 485 g/mol. The number of imidazole rings is 1. The number of carbonyl (C=O) groups is 1. The number of amides is 1. The first kappa shape index (κ1) is 23.2. The van der Waals surface area contributed by atoms with Crippen LogP contribution in [-0.4, -0.2) is 31.9 Å². The van der Waals surface area contributed by atoms with Crippen molar-refractivity contribution in [2.24, 2.45) is 0 Å². The molecule has 3 heterocycles. The van der Waals surface area contributed by atoms with Crippen LogP contribution in [0.3, 0.4) is 0 Å². The number of unbranched alkanes of at least 4 members (excludes halogenated alkanes) is 2. The number of hydrogen-bond acceptors (Lipinski definition) is 5. The standard InChI is InChI=1S/C27H25N5O4/c1-3-4-5-10-24(33)28-18-11-16-23-29-25-21-8-6-7-9-22(21)27(34)31(26(25)30(23)17-18)19-12-14-20(15-13-19)32(35)36-2/h6-9,11-17H,3-5,10H2,1-2H3/p+1. The second-order valence-electron chi connectivity index (χ2n) is 8.58. The molecule has 9 nitrogen and oxygen atoms in total. The first-order chi connectivity index (χ1) is 17.5. The average Bonchev–Trinajstić information content (AvgIpc) is 3.28. The van der Waals surface area contributed by atoms with Crippen LogP contribution >= 0.6 is 0 Å². The SMILES string of the molecule is CCCCCC(=O)Nc1ccc2nc3c4ccccc4c(=O)n(-c4ccc([N+](=O)OC)cc4)c3n2c1. The van der Waals surface area contributed by atoms with Crippen molar-refractivity contribution >= 4 is 44.9 Å². The Morgan fingerprint density at radius 2 is 1.78 bits per heavy atom. The maximum Gasteiger partial charge on any atom is 0.316 e. The summed E-state index contributed by atoms with van der Waals surface area (Å²) >= 11 is 0. The van der Waals surface area contributed by atoms with E-state index in [0.717, 1.165) is 24.6 Å². The van der Waals surface area contributed by atoms with Crippen LogP contribution in [0.15, 0.2) is 71.7 Å². The van der Waals surface area contributed by atoms with Gasteiger partial charge < -0.3 is 5.32 Å². The highest BCUT2D eigenvalue weighted by Crippen LogP contribution is 2.27. The van der Waals surface area contributed by atoms with Crippen molar-refractivity contribution < 1.29 is 14.6 Å². The molecule has 0 unspecified atom stereocenters. The van der Waals surface area contributed by atoms with Crippen LogP contribution < -0.4 is 10.9 Å². The molecule has 5 aromatic rings. The van der Waals surface area contributed by atoms with Gasteiger partial charge in [0.25, 0.3) is 10.5 Å². The summed E-state index contributed by atoms with van der Waals surface area (Å²) in [6, 6.07) is 17.5. The molecule has 1 N–H and O–H groups in total. The van der Waals surface area contributed by atoms with Crippen molar-refractivity contribution in [2.75, 3.05) is 12.4 Å². The number of anilines is 1. The van der Waals surface area contributed by atoms with E-state index in [9.17, 15) is 14.5 Å². The normalized spacial score (nSPS) is 11.3. The maximum absolute atomic E-state index is 13.7. The number of nitrogens with one attached hydrogen (secondary N) is 1. The lowest BCUT2D eigenvalue weighted by molar-refractivity contribution is -0.736. The minimum Gasteiger partial charge on any atom is -0.325 e. The molecule has 2 aromatic carbocycles. The number of fused-ring (bicyclic) bond motifs is 5. The third kappa shape index (κ3) is 4.08. The van der Waals surface area contributed by atoms with Crippen molar-refractivity contribution in [2.45, 2.75) is 32.6 Å². The van der Waals surface area contributed by atoms with Crippen LogP contribution in [0.4, 0.5) is 11.4 Å². The van der Waals surface area contributed by atoms with Gasteiger partial charge >= 0.3 is 5.69 Å². The first-order valence-electron chi connectivity index (χ1n) is 11.9. The minimum absolute atomic E-state index is 0.0500. The lowest BCUT2D eigenvalue weighted by Crippen LogP contribution is -2.20. The fourth-order valence-corrected chi connectivity index (χ4v) is 4.42. The van der Waals surface area contributed by atoms with Gasteiger partial charge in [-0.05, 0) is 36.8 Å². The molecule has 0 saturated carbocycles. The van der Waals surface area contributed by atoms with E-state index in [4.69, 9.17) is 9.82 Å². The van der Waals surface area contributed by atoms with Crippen LogP contribution in [0.2, 0.25) is 0 Å². The Kier molecular flexibility index (Phi) is 6.20.